The summed E-state index contributed by atoms with van der Waals surface area (Å²) in [6.45, 7) is 6.52. The number of nitrogens with zero attached hydrogens (tertiary/aromatic N) is 1. The van der Waals surface area contributed by atoms with Gasteiger partial charge in [0.2, 0.25) is 5.91 Å². The number of benzene rings is 1. The second-order valence-corrected chi connectivity index (χ2v) is 5.09. The lowest BCUT2D eigenvalue weighted by Crippen LogP contribution is -2.63. The highest BCUT2D eigenvalue weighted by atomic mass is 16.2. The van der Waals surface area contributed by atoms with Crippen molar-refractivity contribution in [2.45, 2.75) is 26.3 Å². The maximum atomic E-state index is 12.5. The van der Waals surface area contributed by atoms with E-state index in [-0.39, 0.29) is 11.8 Å². The van der Waals surface area contributed by atoms with Crippen LogP contribution in [0.25, 0.3) is 0 Å². The van der Waals surface area contributed by atoms with Gasteiger partial charge in [0, 0.05) is 18.7 Å². The van der Waals surface area contributed by atoms with Crippen LogP contribution in [0.3, 0.4) is 0 Å². The zero-order chi connectivity index (χ0) is 13.3. The fraction of sp³-hybridized carbons (Fsp3) is 0.429. The van der Waals surface area contributed by atoms with Crippen molar-refractivity contribution in [3.05, 3.63) is 35.4 Å². The molecule has 1 fully saturated rings. The van der Waals surface area contributed by atoms with E-state index in [1.165, 1.54) is 0 Å². The molecule has 0 bridgehead atoms. The van der Waals surface area contributed by atoms with Crippen LogP contribution in [0.4, 0.5) is 0 Å². The van der Waals surface area contributed by atoms with Crippen LogP contribution in [-0.4, -0.2) is 35.3 Å². The van der Waals surface area contributed by atoms with E-state index in [4.69, 9.17) is 0 Å². The Morgan fingerprint density at radius 1 is 1.33 bits per heavy atom. The average molecular weight is 246 g/mol. The average Bonchev–Trinajstić information content (AvgIpc) is 2.32. The number of carbonyl (C=O) groups is 2. The van der Waals surface area contributed by atoms with Gasteiger partial charge in [0.05, 0.1) is 0 Å². The summed E-state index contributed by atoms with van der Waals surface area (Å²) in [4.78, 5) is 26.0. The van der Waals surface area contributed by atoms with Crippen molar-refractivity contribution >= 4 is 11.8 Å². The molecule has 1 aliphatic rings. The molecule has 0 atom stereocenters. The SMILES string of the molecule is Cc1ccccc1C(=O)N1CCNC(=O)C1(C)C. The molecule has 18 heavy (non-hydrogen) atoms. The van der Waals surface area contributed by atoms with Gasteiger partial charge in [-0.25, -0.2) is 0 Å². The molecule has 4 heteroatoms. The monoisotopic (exact) mass is 246 g/mol. The van der Waals surface area contributed by atoms with Gasteiger partial charge in [0.15, 0.2) is 0 Å². The molecule has 1 aliphatic heterocycles. The summed E-state index contributed by atoms with van der Waals surface area (Å²) in [6, 6.07) is 7.46. The maximum absolute atomic E-state index is 12.5. The van der Waals surface area contributed by atoms with Crippen molar-refractivity contribution < 1.29 is 9.59 Å². The first-order valence-corrected chi connectivity index (χ1v) is 6.10. The Hall–Kier alpha value is -1.84. The van der Waals surface area contributed by atoms with E-state index < -0.39 is 5.54 Å². The Morgan fingerprint density at radius 3 is 2.67 bits per heavy atom. The van der Waals surface area contributed by atoms with Gasteiger partial charge in [0.1, 0.15) is 5.54 Å². The quantitative estimate of drug-likeness (QED) is 0.813. The van der Waals surface area contributed by atoms with Gasteiger partial charge in [-0.3, -0.25) is 9.59 Å². The van der Waals surface area contributed by atoms with Crippen molar-refractivity contribution in [2.24, 2.45) is 0 Å². The van der Waals surface area contributed by atoms with Crippen LogP contribution in [-0.2, 0) is 4.79 Å². The molecule has 0 unspecified atom stereocenters. The third-order valence-electron chi connectivity index (χ3n) is 3.47. The molecule has 1 N–H and O–H groups in total. The first-order valence-electron chi connectivity index (χ1n) is 6.10. The van der Waals surface area contributed by atoms with Crippen LogP contribution in [0.15, 0.2) is 24.3 Å². The standard InChI is InChI=1S/C14H18N2O2/c1-10-6-4-5-7-11(10)12(17)16-9-8-15-13(18)14(16,2)3/h4-7H,8-9H2,1-3H3,(H,15,18). The molecule has 2 amide bonds. The Labute approximate surface area is 107 Å². The van der Waals surface area contributed by atoms with E-state index in [1.807, 2.05) is 25.1 Å². The minimum atomic E-state index is -0.794. The number of amides is 2. The summed E-state index contributed by atoms with van der Waals surface area (Å²) in [5.41, 5.74) is 0.807. The topological polar surface area (TPSA) is 49.4 Å². The zero-order valence-corrected chi connectivity index (χ0v) is 11.0. The Balaban J connectivity index is 2.34. The van der Waals surface area contributed by atoms with Gasteiger partial charge in [-0.15, -0.1) is 0 Å². The van der Waals surface area contributed by atoms with Crippen molar-refractivity contribution in [1.82, 2.24) is 10.2 Å². The first kappa shape index (κ1) is 12.6. The van der Waals surface area contributed by atoms with Gasteiger partial charge >= 0.3 is 0 Å². The van der Waals surface area contributed by atoms with Crippen LogP contribution >= 0.6 is 0 Å². The smallest absolute Gasteiger partial charge is 0.255 e. The van der Waals surface area contributed by atoms with Crippen LogP contribution in [0, 0.1) is 6.92 Å². The minimum Gasteiger partial charge on any atom is -0.352 e. The molecule has 0 aromatic heterocycles. The number of hydrogen-bond acceptors (Lipinski definition) is 2. The predicted octanol–water partition coefficient (Wildman–Crippen LogP) is 1.35. The number of aryl methyl sites for hydroxylation is 1. The van der Waals surface area contributed by atoms with Crippen molar-refractivity contribution in [1.29, 1.82) is 0 Å². The van der Waals surface area contributed by atoms with Crippen LogP contribution in [0.1, 0.15) is 29.8 Å². The van der Waals surface area contributed by atoms with Crippen molar-refractivity contribution in [2.75, 3.05) is 13.1 Å². The van der Waals surface area contributed by atoms with E-state index in [0.29, 0.717) is 18.7 Å². The number of carbonyl (C=O) groups excluding carboxylic acids is 2. The summed E-state index contributed by atoms with van der Waals surface area (Å²) in [5.74, 6) is -0.177. The molecule has 1 aromatic rings. The minimum absolute atomic E-state index is 0.0760. The molecule has 1 aromatic carbocycles. The summed E-state index contributed by atoms with van der Waals surface area (Å²) < 4.78 is 0. The molecule has 0 radical (unpaired) electrons. The first-order chi connectivity index (χ1) is 8.44. The normalized spacial score (nSPS) is 18.4. The molecule has 1 heterocycles. The van der Waals surface area contributed by atoms with Crippen LogP contribution < -0.4 is 5.32 Å². The van der Waals surface area contributed by atoms with E-state index in [2.05, 4.69) is 5.32 Å². The highest BCUT2D eigenvalue weighted by Gasteiger charge is 2.40. The Kier molecular flexibility index (Phi) is 3.11. The van der Waals surface area contributed by atoms with E-state index in [9.17, 15) is 9.59 Å². The zero-order valence-electron chi connectivity index (χ0n) is 11.0. The summed E-state index contributed by atoms with van der Waals surface area (Å²) in [5, 5.41) is 2.79. The van der Waals surface area contributed by atoms with Crippen molar-refractivity contribution in [3.63, 3.8) is 0 Å². The molecule has 1 saturated heterocycles. The molecular formula is C14H18N2O2. The van der Waals surface area contributed by atoms with E-state index in [0.717, 1.165) is 5.56 Å². The molecule has 2 rings (SSSR count). The summed E-state index contributed by atoms with van der Waals surface area (Å²) in [7, 11) is 0. The lowest BCUT2D eigenvalue weighted by Gasteiger charge is -2.41. The second-order valence-electron chi connectivity index (χ2n) is 5.09. The van der Waals surface area contributed by atoms with Gasteiger partial charge < -0.3 is 10.2 Å². The lowest BCUT2D eigenvalue weighted by molar-refractivity contribution is -0.133. The third-order valence-corrected chi connectivity index (χ3v) is 3.47. The lowest BCUT2D eigenvalue weighted by atomic mass is 9.96. The van der Waals surface area contributed by atoms with Gasteiger partial charge in [0.25, 0.3) is 5.91 Å². The molecule has 96 valence electrons. The fourth-order valence-electron chi connectivity index (χ4n) is 2.21. The largest absolute Gasteiger partial charge is 0.352 e. The fourth-order valence-corrected chi connectivity index (χ4v) is 2.21. The number of nitrogens with one attached hydrogen (secondary N) is 1. The van der Waals surface area contributed by atoms with Crippen LogP contribution in [0.2, 0.25) is 0 Å². The summed E-state index contributed by atoms with van der Waals surface area (Å²) >= 11 is 0. The Bertz CT molecular complexity index is 494. The third kappa shape index (κ3) is 1.98. The van der Waals surface area contributed by atoms with E-state index in [1.54, 1.807) is 24.8 Å². The van der Waals surface area contributed by atoms with Gasteiger partial charge in [-0.2, -0.15) is 0 Å². The van der Waals surface area contributed by atoms with Gasteiger partial charge in [-0.1, -0.05) is 18.2 Å². The predicted molar refractivity (Wildman–Crippen MR) is 69.3 cm³/mol. The number of hydrogen-bond donors (Lipinski definition) is 1. The Morgan fingerprint density at radius 2 is 2.00 bits per heavy atom. The molecular weight excluding hydrogens is 228 g/mol. The summed E-state index contributed by atoms with van der Waals surface area (Å²) in [6.07, 6.45) is 0. The highest BCUT2D eigenvalue weighted by molar-refractivity contribution is 6.00. The molecule has 4 nitrogen and oxygen atoms in total. The van der Waals surface area contributed by atoms with Crippen molar-refractivity contribution in [3.8, 4) is 0 Å². The van der Waals surface area contributed by atoms with Gasteiger partial charge in [-0.05, 0) is 32.4 Å². The second kappa shape index (κ2) is 4.44. The highest BCUT2D eigenvalue weighted by Crippen LogP contribution is 2.21. The van der Waals surface area contributed by atoms with E-state index >= 15 is 0 Å². The maximum Gasteiger partial charge on any atom is 0.255 e. The number of rotatable bonds is 1. The van der Waals surface area contributed by atoms with Crippen LogP contribution in [0.5, 0.6) is 0 Å². The molecule has 0 spiro atoms. The molecule has 0 aliphatic carbocycles. The number of piperazine rings is 1. The molecule has 0 saturated carbocycles.